The predicted octanol–water partition coefficient (Wildman–Crippen LogP) is 3.91. The molecule has 154 valence electrons. The van der Waals surface area contributed by atoms with Crippen LogP contribution in [0.25, 0.3) is 0 Å². The first kappa shape index (κ1) is 20.8. The summed E-state index contributed by atoms with van der Waals surface area (Å²) in [5, 5.41) is 0. The van der Waals surface area contributed by atoms with E-state index in [2.05, 4.69) is 0 Å². The van der Waals surface area contributed by atoms with Gasteiger partial charge in [0, 0.05) is 0 Å². The van der Waals surface area contributed by atoms with Gasteiger partial charge in [0.1, 0.15) is 17.1 Å². The van der Waals surface area contributed by atoms with Gasteiger partial charge in [-0.05, 0) is 63.5 Å². The number of carbonyl (C=O) groups excluding carboxylic acids is 2. The Kier molecular flexibility index (Phi) is 6.72. The lowest BCUT2D eigenvalue weighted by molar-refractivity contribution is 0.0160. The third-order valence-electron chi connectivity index (χ3n) is 5.38. The second-order valence-corrected chi connectivity index (χ2v) is 8.87. The summed E-state index contributed by atoms with van der Waals surface area (Å²) >= 11 is 0. The number of hydrogen-bond donors (Lipinski definition) is 1. The summed E-state index contributed by atoms with van der Waals surface area (Å²) in [7, 11) is -4.72. The van der Waals surface area contributed by atoms with Crippen LogP contribution in [-0.4, -0.2) is 37.1 Å². The highest BCUT2D eigenvalue weighted by Crippen LogP contribution is 2.27. The van der Waals surface area contributed by atoms with Gasteiger partial charge in [0.25, 0.3) is 10.1 Å². The van der Waals surface area contributed by atoms with Crippen molar-refractivity contribution in [2.75, 3.05) is 0 Å². The van der Waals surface area contributed by atoms with Crippen molar-refractivity contribution in [1.82, 2.24) is 0 Å². The van der Waals surface area contributed by atoms with Crippen LogP contribution in [0.4, 0.5) is 0 Å². The topological polar surface area (TPSA) is 107 Å². The molecule has 0 aromatic heterocycles. The molecule has 2 aliphatic rings. The van der Waals surface area contributed by atoms with Crippen molar-refractivity contribution >= 4 is 22.1 Å². The molecule has 8 heteroatoms. The van der Waals surface area contributed by atoms with E-state index in [1.54, 1.807) is 0 Å². The number of carbonyl (C=O) groups is 2. The molecule has 1 aromatic carbocycles. The number of benzene rings is 1. The van der Waals surface area contributed by atoms with E-state index in [9.17, 15) is 22.6 Å². The van der Waals surface area contributed by atoms with Crippen LogP contribution in [0.3, 0.4) is 0 Å². The van der Waals surface area contributed by atoms with Crippen LogP contribution in [0.1, 0.15) is 84.9 Å². The summed E-state index contributed by atoms with van der Waals surface area (Å²) in [5.74, 6) is -1.69. The zero-order valence-corrected chi connectivity index (χ0v) is 16.6. The highest BCUT2D eigenvalue weighted by Gasteiger charge is 2.31. The maximum absolute atomic E-state index is 12.8. The highest BCUT2D eigenvalue weighted by atomic mass is 32.2. The van der Waals surface area contributed by atoms with E-state index in [-0.39, 0.29) is 17.8 Å². The van der Waals surface area contributed by atoms with Crippen LogP contribution >= 0.6 is 0 Å². The van der Waals surface area contributed by atoms with Gasteiger partial charge in [0.15, 0.2) is 0 Å². The van der Waals surface area contributed by atoms with Gasteiger partial charge in [0.05, 0.1) is 11.1 Å². The first-order valence-electron chi connectivity index (χ1n) is 9.88. The second-order valence-electron chi connectivity index (χ2n) is 7.48. The molecule has 0 atom stereocenters. The van der Waals surface area contributed by atoms with Crippen molar-refractivity contribution < 1.29 is 32.0 Å². The monoisotopic (exact) mass is 410 g/mol. The molecule has 2 saturated carbocycles. The van der Waals surface area contributed by atoms with Gasteiger partial charge in [0.2, 0.25) is 0 Å². The Morgan fingerprint density at radius 2 is 1.32 bits per heavy atom. The normalized spacial score (nSPS) is 19.2. The molecule has 0 radical (unpaired) electrons. The minimum absolute atomic E-state index is 0.193. The van der Waals surface area contributed by atoms with Crippen LogP contribution < -0.4 is 0 Å². The molecule has 3 rings (SSSR count). The zero-order valence-electron chi connectivity index (χ0n) is 15.8. The Morgan fingerprint density at radius 3 is 1.82 bits per heavy atom. The fraction of sp³-hybridized carbons (Fsp3) is 0.600. The molecule has 0 amide bonds. The fourth-order valence-corrected chi connectivity index (χ4v) is 4.62. The van der Waals surface area contributed by atoms with E-state index in [4.69, 9.17) is 9.47 Å². The van der Waals surface area contributed by atoms with Gasteiger partial charge in [-0.1, -0.05) is 18.9 Å². The summed E-state index contributed by atoms with van der Waals surface area (Å²) < 4.78 is 44.2. The highest BCUT2D eigenvalue weighted by molar-refractivity contribution is 7.86. The Balaban J connectivity index is 1.90. The third kappa shape index (κ3) is 5.11. The van der Waals surface area contributed by atoms with Crippen LogP contribution in [0, 0.1) is 0 Å². The van der Waals surface area contributed by atoms with Gasteiger partial charge in [-0.15, -0.1) is 0 Å². The molecule has 0 spiro atoms. The number of ether oxygens (including phenoxy) is 2. The lowest BCUT2D eigenvalue weighted by Gasteiger charge is -2.24. The zero-order chi connectivity index (χ0) is 20.1. The SMILES string of the molecule is O=C(OC1CCCCC1)c1cccc(S(=O)(=O)O)c1C(=O)OC1CCCCC1. The lowest BCUT2D eigenvalue weighted by Crippen LogP contribution is -2.26. The Labute approximate surface area is 165 Å². The van der Waals surface area contributed by atoms with E-state index in [1.807, 2.05) is 0 Å². The van der Waals surface area contributed by atoms with Gasteiger partial charge >= 0.3 is 11.9 Å². The van der Waals surface area contributed by atoms with Crippen molar-refractivity contribution in [2.45, 2.75) is 81.3 Å². The van der Waals surface area contributed by atoms with Crippen LogP contribution in [0.15, 0.2) is 23.1 Å². The second kappa shape index (κ2) is 9.05. The molecule has 2 aliphatic carbocycles. The summed E-state index contributed by atoms with van der Waals surface area (Å²) in [6.07, 6.45) is 8.22. The smallest absolute Gasteiger partial charge is 0.340 e. The van der Waals surface area contributed by atoms with Crippen molar-refractivity contribution in [3.05, 3.63) is 29.3 Å². The summed E-state index contributed by atoms with van der Waals surface area (Å²) in [6.45, 7) is 0. The van der Waals surface area contributed by atoms with Crippen molar-refractivity contribution in [2.24, 2.45) is 0 Å². The fourth-order valence-electron chi connectivity index (χ4n) is 3.92. The summed E-state index contributed by atoms with van der Waals surface area (Å²) in [4.78, 5) is 24.9. The summed E-state index contributed by atoms with van der Waals surface area (Å²) in [5.41, 5.74) is -0.641. The van der Waals surface area contributed by atoms with Crippen molar-refractivity contribution in [3.8, 4) is 0 Å². The average Bonchev–Trinajstić information content (AvgIpc) is 2.68. The van der Waals surface area contributed by atoms with Crippen LogP contribution in [-0.2, 0) is 19.6 Å². The molecule has 0 bridgehead atoms. The van der Waals surface area contributed by atoms with Crippen LogP contribution in [0.2, 0.25) is 0 Å². The lowest BCUT2D eigenvalue weighted by atomic mass is 9.97. The first-order valence-corrected chi connectivity index (χ1v) is 11.3. The molecule has 0 saturated heterocycles. The van der Waals surface area contributed by atoms with Gasteiger partial charge in [-0.2, -0.15) is 8.42 Å². The molecule has 0 unspecified atom stereocenters. The Hall–Kier alpha value is -1.93. The summed E-state index contributed by atoms with van der Waals surface area (Å²) in [6, 6.07) is 3.72. The van der Waals surface area contributed by atoms with E-state index in [0.29, 0.717) is 12.8 Å². The van der Waals surface area contributed by atoms with Crippen molar-refractivity contribution in [1.29, 1.82) is 0 Å². The predicted molar refractivity (Wildman–Crippen MR) is 101 cm³/mol. The molecule has 7 nitrogen and oxygen atoms in total. The maximum atomic E-state index is 12.8. The Bertz CT molecular complexity index is 819. The number of hydrogen-bond acceptors (Lipinski definition) is 6. The van der Waals surface area contributed by atoms with Gasteiger partial charge < -0.3 is 9.47 Å². The maximum Gasteiger partial charge on any atom is 0.340 e. The third-order valence-corrected chi connectivity index (χ3v) is 6.28. The molecular weight excluding hydrogens is 384 g/mol. The minimum Gasteiger partial charge on any atom is -0.459 e. The minimum atomic E-state index is -4.72. The largest absolute Gasteiger partial charge is 0.459 e. The molecular formula is C20H26O7S. The molecule has 1 N–H and O–H groups in total. The van der Waals surface area contributed by atoms with E-state index >= 15 is 0 Å². The Morgan fingerprint density at radius 1 is 0.821 bits per heavy atom. The molecule has 0 aliphatic heterocycles. The van der Waals surface area contributed by atoms with E-state index in [1.165, 1.54) is 12.1 Å². The van der Waals surface area contributed by atoms with Gasteiger partial charge in [-0.25, -0.2) is 9.59 Å². The number of esters is 2. The first-order chi connectivity index (χ1) is 13.4. The van der Waals surface area contributed by atoms with E-state index < -0.39 is 32.5 Å². The van der Waals surface area contributed by atoms with Crippen LogP contribution in [0.5, 0.6) is 0 Å². The number of rotatable bonds is 5. The molecule has 2 fully saturated rings. The quantitative estimate of drug-likeness (QED) is 0.579. The average molecular weight is 410 g/mol. The molecule has 0 heterocycles. The molecule has 28 heavy (non-hydrogen) atoms. The van der Waals surface area contributed by atoms with E-state index in [0.717, 1.165) is 57.4 Å². The standard InChI is InChI=1S/C20H26O7S/c21-19(26-14-8-3-1-4-9-14)16-12-7-13-17(28(23,24)25)18(16)20(22)27-15-10-5-2-6-11-15/h7,12-15H,1-6,8-11H2,(H,23,24,25). The molecule has 1 aromatic rings. The van der Waals surface area contributed by atoms with Gasteiger partial charge in [-0.3, -0.25) is 4.55 Å². The van der Waals surface area contributed by atoms with Crippen molar-refractivity contribution in [3.63, 3.8) is 0 Å².